The Bertz CT molecular complexity index is 233. The van der Waals surface area contributed by atoms with Gasteiger partial charge in [-0.15, -0.1) is 0 Å². The number of aliphatic hydroxyl groups is 1. The van der Waals surface area contributed by atoms with E-state index in [-0.39, 0.29) is 12.2 Å². The monoisotopic (exact) mass is 170 g/mol. The molecular weight excluding hydrogens is 159 g/mol. The zero-order valence-electron chi connectivity index (χ0n) is 6.57. The Kier molecular flexibility index (Phi) is 3.05. The molecule has 0 aliphatic heterocycles. The summed E-state index contributed by atoms with van der Waals surface area (Å²) in [6.07, 6.45) is -0.647. The summed E-state index contributed by atoms with van der Waals surface area (Å²) in [4.78, 5) is 0. The standard InChI is InChI=1S/C9H11FO2/c10-6-9(12)5-7-1-3-8(11)4-2-7/h1-4,9,11-12H,5-6H2. The van der Waals surface area contributed by atoms with Gasteiger partial charge >= 0.3 is 0 Å². The Morgan fingerprint density at radius 2 is 1.83 bits per heavy atom. The highest BCUT2D eigenvalue weighted by atomic mass is 19.1. The largest absolute Gasteiger partial charge is 0.508 e. The molecule has 0 amide bonds. The Balaban J connectivity index is 2.58. The van der Waals surface area contributed by atoms with Gasteiger partial charge in [0.15, 0.2) is 0 Å². The fourth-order valence-corrected chi connectivity index (χ4v) is 0.959. The van der Waals surface area contributed by atoms with Gasteiger partial charge in [0, 0.05) is 6.42 Å². The summed E-state index contributed by atoms with van der Waals surface area (Å²) in [7, 11) is 0. The fourth-order valence-electron chi connectivity index (χ4n) is 0.959. The summed E-state index contributed by atoms with van der Waals surface area (Å²) >= 11 is 0. The number of halogens is 1. The van der Waals surface area contributed by atoms with Gasteiger partial charge < -0.3 is 10.2 Å². The maximum absolute atomic E-state index is 11.9. The van der Waals surface area contributed by atoms with Crippen LogP contribution in [-0.4, -0.2) is 23.0 Å². The maximum atomic E-state index is 11.9. The van der Waals surface area contributed by atoms with E-state index >= 15 is 0 Å². The van der Waals surface area contributed by atoms with Gasteiger partial charge in [0.2, 0.25) is 0 Å². The van der Waals surface area contributed by atoms with Gasteiger partial charge in [0.05, 0.1) is 6.10 Å². The van der Waals surface area contributed by atoms with Crippen molar-refractivity contribution < 1.29 is 14.6 Å². The molecule has 1 aromatic carbocycles. The molecule has 0 saturated heterocycles. The third-order valence-corrected chi connectivity index (χ3v) is 1.59. The Hall–Kier alpha value is -1.09. The van der Waals surface area contributed by atoms with Crippen molar-refractivity contribution in [3.05, 3.63) is 29.8 Å². The quantitative estimate of drug-likeness (QED) is 0.717. The van der Waals surface area contributed by atoms with Gasteiger partial charge in [0.1, 0.15) is 12.4 Å². The van der Waals surface area contributed by atoms with Crippen molar-refractivity contribution in [1.82, 2.24) is 0 Å². The summed E-state index contributed by atoms with van der Waals surface area (Å²) in [5.74, 6) is 0.175. The number of alkyl halides is 1. The van der Waals surface area contributed by atoms with Crippen LogP contribution in [0.3, 0.4) is 0 Å². The minimum atomic E-state index is -0.936. The lowest BCUT2D eigenvalue weighted by Crippen LogP contribution is -2.12. The third-order valence-electron chi connectivity index (χ3n) is 1.59. The third kappa shape index (κ3) is 2.51. The molecule has 2 nitrogen and oxygen atoms in total. The van der Waals surface area contributed by atoms with E-state index in [0.29, 0.717) is 0 Å². The van der Waals surface area contributed by atoms with E-state index in [9.17, 15) is 4.39 Å². The van der Waals surface area contributed by atoms with E-state index < -0.39 is 12.8 Å². The lowest BCUT2D eigenvalue weighted by atomic mass is 10.1. The molecule has 0 aliphatic carbocycles. The van der Waals surface area contributed by atoms with Crippen molar-refractivity contribution in [3.8, 4) is 5.75 Å². The number of phenolic OH excluding ortho intramolecular Hbond substituents is 1. The lowest BCUT2D eigenvalue weighted by molar-refractivity contribution is 0.140. The fraction of sp³-hybridized carbons (Fsp3) is 0.333. The van der Waals surface area contributed by atoms with Crippen LogP contribution in [-0.2, 0) is 6.42 Å². The van der Waals surface area contributed by atoms with Crippen LogP contribution >= 0.6 is 0 Å². The first-order valence-electron chi connectivity index (χ1n) is 3.74. The maximum Gasteiger partial charge on any atom is 0.116 e. The summed E-state index contributed by atoms with van der Waals surface area (Å²) in [5, 5.41) is 17.9. The van der Waals surface area contributed by atoms with Crippen molar-refractivity contribution in [2.24, 2.45) is 0 Å². The van der Waals surface area contributed by atoms with Crippen LogP contribution in [0.5, 0.6) is 5.75 Å². The normalized spacial score (nSPS) is 12.8. The van der Waals surface area contributed by atoms with Gasteiger partial charge in [-0.3, -0.25) is 0 Å². The molecule has 66 valence electrons. The van der Waals surface area contributed by atoms with Gasteiger partial charge in [-0.25, -0.2) is 4.39 Å². The molecule has 1 unspecified atom stereocenters. The number of phenols is 1. The first kappa shape index (κ1) is 9.00. The molecule has 0 aromatic heterocycles. The molecule has 1 rings (SSSR count). The van der Waals surface area contributed by atoms with Crippen molar-refractivity contribution in [2.45, 2.75) is 12.5 Å². The van der Waals surface area contributed by atoms with Crippen LogP contribution in [0.4, 0.5) is 4.39 Å². The topological polar surface area (TPSA) is 40.5 Å². The minimum absolute atomic E-state index is 0.175. The molecule has 1 aromatic rings. The van der Waals surface area contributed by atoms with Crippen LogP contribution in [0.2, 0.25) is 0 Å². The highest BCUT2D eigenvalue weighted by molar-refractivity contribution is 5.26. The second-order valence-electron chi connectivity index (χ2n) is 2.68. The number of hydrogen-bond donors (Lipinski definition) is 2. The second-order valence-corrected chi connectivity index (χ2v) is 2.68. The number of aromatic hydroxyl groups is 1. The van der Waals surface area contributed by atoms with Crippen molar-refractivity contribution in [2.75, 3.05) is 6.67 Å². The number of rotatable bonds is 3. The molecule has 0 aliphatic rings. The van der Waals surface area contributed by atoms with E-state index in [1.807, 2.05) is 0 Å². The van der Waals surface area contributed by atoms with Crippen molar-refractivity contribution in [1.29, 1.82) is 0 Å². The average molecular weight is 170 g/mol. The molecule has 2 N–H and O–H groups in total. The summed E-state index contributed by atoms with van der Waals surface area (Å²) in [5.41, 5.74) is 0.818. The zero-order valence-corrected chi connectivity index (χ0v) is 6.57. The van der Waals surface area contributed by atoms with Crippen LogP contribution in [0.25, 0.3) is 0 Å². The molecule has 0 saturated carbocycles. The smallest absolute Gasteiger partial charge is 0.116 e. The number of benzene rings is 1. The predicted molar refractivity (Wildman–Crippen MR) is 43.8 cm³/mol. The molecular formula is C9H11FO2. The van der Waals surface area contributed by atoms with E-state index in [2.05, 4.69) is 0 Å². The second kappa shape index (κ2) is 4.07. The number of hydrogen-bond acceptors (Lipinski definition) is 2. The summed E-state index contributed by atoms with van der Waals surface area (Å²) < 4.78 is 11.9. The summed E-state index contributed by atoms with van der Waals surface area (Å²) in [6.45, 7) is -0.735. The van der Waals surface area contributed by atoms with E-state index in [1.165, 1.54) is 12.1 Å². The van der Waals surface area contributed by atoms with Gasteiger partial charge in [-0.2, -0.15) is 0 Å². The molecule has 1 atom stereocenters. The van der Waals surface area contributed by atoms with Crippen molar-refractivity contribution >= 4 is 0 Å². The molecule has 0 spiro atoms. The van der Waals surface area contributed by atoms with Crippen molar-refractivity contribution in [3.63, 3.8) is 0 Å². The van der Waals surface area contributed by atoms with Gasteiger partial charge in [-0.05, 0) is 17.7 Å². The average Bonchev–Trinajstić information content (AvgIpc) is 2.09. The van der Waals surface area contributed by atoms with Crippen LogP contribution < -0.4 is 0 Å². The van der Waals surface area contributed by atoms with Crippen LogP contribution in [0, 0.1) is 0 Å². The molecule has 0 bridgehead atoms. The molecule has 0 radical (unpaired) electrons. The minimum Gasteiger partial charge on any atom is -0.508 e. The van der Waals surface area contributed by atoms with E-state index in [0.717, 1.165) is 5.56 Å². The molecule has 3 heteroatoms. The van der Waals surface area contributed by atoms with Gasteiger partial charge in [-0.1, -0.05) is 12.1 Å². The zero-order chi connectivity index (χ0) is 8.97. The highest BCUT2D eigenvalue weighted by Crippen LogP contribution is 2.11. The summed E-state index contributed by atoms with van der Waals surface area (Å²) in [6, 6.07) is 6.35. The van der Waals surface area contributed by atoms with E-state index in [4.69, 9.17) is 10.2 Å². The Morgan fingerprint density at radius 1 is 1.25 bits per heavy atom. The SMILES string of the molecule is Oc1ccc(CC(O)CF)cc1. The van der Waals surface area contributed by atoms with Crippen LogP contribution in [0.1, 0.15) is 5.56 Å². The first-order valence-corrected chi connectivity index (χ1v) is 3.74. The van der Waals surface area contributed by atoms with Gasteiger partial charge in [0.25, 0.3) is 0 Å². The number of aliphatic hydroxyl groups excluding tert-OH is 1. The molecule has 12 heavy (non-hydrogen) atoms. The first-order chi connectivity index (χ1) is 5.72. The molecule has 0 heterocycles. The van der Waals surface area contributed by atoms with Crippen LogP contribution in [0.15, 0.2) is 24.3 Å². The highest BCUT2D eigenvalue weighted by Gasteiger charge is 2.03. The Labute approximate surface area is 70.3 Å². The van der Waals surface area contributed by atoms with E-state index in [1.54, 1.807) is 12.1 Å². The lowest BCUT2D eigenvalue weighted by Gasteiger charge is -2.05. The Morgan fingerprint density at radius 3 is 2.33 bits per heavy atom. The predicted octanol–water partition coefficient (Wildman–Crippen LogP) is 1.27. The molecule has 0 fully saturated rings.